The van der Waals surface area contributed by atoms with Gasteiger partial charge in [-0.2, -0.15) is 9.57 Å². The third kappa shape index (κ3) is 4.39. The lowest BCUT2D eigenvalue weighted by Gasteiger charge is -2.25. The fourth-order valence-corrected chi connectivity index (χ4v) is 6.89. The molecular weight excluding hydrogens is 432 g/mol. The van der Waals surface area contributed by atoms with Gasteiger partial charge in [0.25, 0.3) is 5.91 Å². The van der Waals surface area contributed by atoms with Crippen molar-refractivity contribution in [3.63, 3.8) is 0 Å². The van der Waals surface area contributed by atoms with Crippen molar-refractivity contribution in [3.8, 4) is 6.07 Å². The highest BCUT2D eigenvalue weighted by atomic mass is 32.2. The Bertz CT molecular complexity index is 1110. The van der Waals surface area contributed by atoms with Gasteiger partial charge in [-0.25, -0.2) is 8.42 Å². The lowest BCUT2D eigenvalue weighted by Crippen LogP contribution is -2.35. The fraction of sp³-hybridized carbons (Fsp3) is 0.455. The Morgan fingerprint density at radius 1 is 1.16 bits per heavy atom. The van der Waals surface area contributed by atoms with Crippen molar-refractivity contribution in [2.75, 3.05) is 31.5 Å². The van der Waals surface area contributed by atoms with E-state index in [0.29, 0.717) is 29.2 Å². The molecule has 164 valence electrons. The Hall–Kier alpha value is -2.25. The number of carbonyl (C=O) groups excluding carboxylic acids is 1. The van der Waals surface area contributed by atoms with Crippen LogP contribution in [0.5, 0.6) is 0 Å². The van der Waals surface area contributed by atoms with Gasteiger partial charge < -0.3 is 5.32 Å². The number of sulfonamides is 1. The van der Waals surface area contributed by atoms with Gasteiger partial charge in [-0.1, -0.05) is 13.3 Å². The molecule has 0 radical (unpaired) electrons. The molecule has 2 aliphatic rings. The van der Waals surface area contributed by atoms with E-state index in [1.54, 1.807) is 0 Å². The number of likely N-dealkylation sites (N-methyl/N-ethyl adjacent to an activating group) is 1. The van der Waals surface area contributed by atoms with E-state index in [9.17, 15) is 18.5 Å². The van der Waals surface area contributed by atoms with Gasteiger partial charge in [0.15, 0.2) is 0 Å². The normalized spacial score (nSPS) is 17.7. The molecule has 0 unspecified atom stereocenters. The third-order valence-electron chi connectivity index (χ3n) is 5.99. The summed E-state index contributed by atoms with van der Waals surface area (Å²) in [6.45, 7) is 5.86. The molecule has 1 aromatic carbocycles. The number of thiophene rings is 1. The number of nitrogens with one attached hydrogen (secondary N) is 1. The largest absolute Gasteiger partial charge is 0.312 e. The van der Waals surface area contributed by atoms with E-state index in [-0.39, 0.29) is 10.8 Å². The van der Waals surface area contributed by atoms with E-state index in [0.717, 1.165) is 55.8 Å². The van der Waals surface area contributed by atoms with Crippen LogP contribution in [0, 0.1) is 11.3 Å². The van der Waals surface area contributed by atoms with Gasteiger partial charge >= 0.3 is 0 Å². The van der Waals surface area contributed by atoms with Crippen molar-refractivity contribution in [3.05, 3.63) is 45.8 Å². The van der Waals surface area contributed by atoms with Crippen LogP contribution in [-0.4, -0.2) is 49.7 Å². The van der Waals surface area contributed by atoms with Crippen LogP contribution >= 0.6 is 11.3 Å². The molecule has 0 saturated carbocycles. The van der Waals surface area contributed by atoms with E-state index < -0.39 is 10.0 Å². The number of benzene rings is 1. The molecule has 0 aliphatic carbocycles. The van der Waals surface area contributed by atoms with E-state index in [1.807, 2.05) is 0 Å². The summed E-state index contributed by atoms with van der Waals surface area (Å²) in [5.41, 5.74) is 1.95. The minimum atomic E-state index is -3.53. The van der Waals surface area contributed by atoms with Crippen molar-refractivity contribution in [1.29, 1.82) is 5.26 Å². The molecule has 0 spiro atoms. The molecule has 1 fully saturated rings. The van der Waals surface area contributed by atoms with Crippen LogP contribution in [0.1, 0.15) is 52.5 Å². The Morgan fingerprint density at radius 3 is 2.52 bits per heavy atom. The SMILES string of the molecule is CCN1CCc2c(sc(NC(=O)c3ccc(S(=O)(=O)N4CCCCC4)cc3)c2C#N)C1. The van der Waals surface area contributed by atoms with Gasteiger partial charge in [0.1, 0.15) is 11.1 Å². The molecule has 2 aliphatic heterocycles. The van der Waals surface area contributed by atoms with Crippen LogP contribution in [0.15, 0.2) is 29.2 Å². The fourth-order valence-electron chi connectivity index (χ4n) is 4.14. The number of hydrogen-bond acceptors (Lipinski definition) is 6. The maximum absolute atomic E-state index is 12.8. The minimum absolute atomic E-state index is 0.204. The maximum atomic E-state index is 12.8. The molecule has 0 atom stereocenters. The van der Waals surface area contributed by atoms with Crippen LogP contribution in [-0.2, 0) is 23.0 Å². The maximum Gasteiger partial charge on any atom is 0.256 e. The van der Waals surface area contributed by atoms with Crippen LogP contribution < -0.4 is 5.32 Å². The zero-order chi connectivity index (χ0) is 22.0. The number of nitrogens with zero attached hydrogens (tertiary/aromatic N) is 3. The number of amides is 1. The molecule has 2 aromatic rings. The highest BCUT2D eigenvalue weighted by Crippen LogP contribution is 2.36. The summed E-state index contributed by atoms with van der Waals surface area (Å²) in [4.78, 5) is 16.4. The highest BCUT2D eigenvalue weighted by molar-refractivity contribution is 7.89. The Balaban J connectivity index is 1.51. The van der Waals surface area contributed by atoms with Gasteiger partial charge in [-0.15, -0.1) is 11.3 Å². The monoisotopic (exact) mass is 458 g/mol. The van der Waals surface area contributed by atoms with Crippen molar-refractivity contribution in [1.82, 2.24) is 9.21 Å². The van der Waals surface area contributed by atoms with E-state index in [1.165, 1.54) is 39.9 Å². The topological polar surface area (TPSA) is 93.5 Å². The van der Waals surface area contributed by atoms with Gasteiger partial charge in [-0.05, 0) is 55.6 Å². The van der Waals surface area contributed by atoms with E-state index >= 15 is 0 Å². The number of nitriles is 1. The smallest absolute Gasteiger partial charge is 0.256 e. The van der Waals surface area contributed by atoms with Crippen LogP contribution in [0.25, 0.3) is 0 Å². The van der Waals surface area contributed by atoms with Gasteiger partial charge in [0.2, 0.25) is 10.0 Å². The van der Waals surface area contributed by atoms with Crippen molar-refractivity contribution < 1.29 is 13.2 Å². The Labute approximate surface area is 187 Å². The minimum Gasteiger partial charge on any atom is -0.312 e. The second-order valence-electron chi connectivity index (χ2n) is 7.88. The number of fused-ring (bicyclic) bond motifs is 1. The summed E-state index contributed by atoms with van der Waals surface area (Å²) >= 11 is 1.46. The molecule has 1 aromatic heterocycles. The summed E-state index contributed by atoms with van der Waals surface area (Å²) in [5.74, 6) is -0.343. The molecule has 4 rings (SSSR count). The standard InChI is InChI=1S/C22H26N4O3S2/c1-2-25-13-10-18-19(14-23)22(30-20(18)15-25)24-21(27)16-6-8-17(9-7-16)31(28,29)26-11-4-3-5-12-26/h6-9H,2-5,10-13,15H2,1H3,(H,24,27). The van der Waals surface area contributed by atoms with Gasteiger partial charge in [-0.3, -0.25) is 9.69 Å². The number of anilines is 1. The molecule has 9 heteroatoms. The Morgan fingerprint density at radius 2 is 1.87 bits per heavy atom. The zero-order valence-electron chi connectivity index (χ0n) is 17.6. The quantitative estimate of drug-likeness (QED) is 0.741. The van der Waals surface area contributed by atoms with Crippen molar-refractivity contribution in [2.45, 2.75) is 44.0 Å². The van der Waals surface area contributed by atoms with Crippen molar-refractivity contribution >= 4 is 32.3 Å². The second-order valence-corrected chi connectivity index (χ2v) is 10.9. The average Bonchev–Trinajstić information content (AvgIpc) is 3.15. The summed E-state index contributed by atoms with van der Waals surface area (Å²) < 4.78 is 27.1. The van der Waals surface area contributed by atoms with Gasteiger partial charge in [0.05, 0.1) is 10.5 Å². The first kappa shape index (κ1) is 22.0. The first-order valence-electron chi connectivity index (χ1n) is 10.6. The molecule has 0 bridgehead atoms. The van der Waals surface area contributed by atoms with E-state index in [4.69, 9.17) is 0 Å². The molecule has 1 saturated heterocycles. The predicted molar refractivity (Wildman–Crippen MR) is 121 cm³/mol. The molecular formula is C22H26N4O3S2. The molecule has 1 N–H and O–H groups in total. The summed E-state index contributed by atoms with van der Waals surface area (Å²) in [6, 6.07) is 8.29. The van der Waals surface area contributed by atoms with Crippen LogP contribution in [0.3, 0.4) is 0 Å². The number of carbonyl (C=O) groups is 1. The number of rotatable bonds is 5. The summed E-state index contributed by atoms with van der Waals surface area (Å²) in [7, 11) is -3.53. The van der Waals surface area contributed by atoms with Gasteiger partial charge in [0, 0.05) is 36.6 Å². The molecule has 7 nitrogen and oxygen atoms in total. The summed E-state index contributed by atoms with van der Waals surface area (Å²) in [6.07, 6.45) is 3.61. The van der Waals surface area contributed by atoms with Crippen molar-refractivity contribution in [2.24, 2.45) is 0 Å². The number of hydrogen-bond donors (Lipinski definition) is 1. The zero-order valence-corrected chi connectivity index (χ0v) is 19.2. The molecule has 3 heterocycles. The second kappa shape index (κ2) is 9.09. The molecule has 1 amide bonds. The molecule has 31 heavy (non-hydrogen) atoms. The van der Waals surface area contributed by atoms with Crippen LogP contribution in [0.2, 0.25) is 0 Å². The first-order chi connectivity index (χ1) is 14.9. The Kier molecular flexibility index (Phi) is 6.44. The summed E-state index contributed by atoms with van der Waals surface area (Å²) in [5, 5.41) is 13.1. The predicted octanol–water partition coefficient (Wildman–Crippen LogP) is 3.42. The lowest BCUT2D eigenvalue weighted by molar-refractivity contribution is 0.102. The number of piperidine rings is 1. The third-order valence-corrected chi connectivity index (χ3v) is 9.04. The van der Waals surface area contributed by atoms with E-state index in [2.05, 4.69) is 23.2 Å². The average molecular weight is 459 g/mol. The lowest BCUT2D eigenvalue weighted by atomic mass is 10.0. The first-order valence-corrected chi connectivity index (χ1v) is 12.9. The van der Waals surface area contributed by atoms with Crippen LogP contribution in [0.4, 0.5) is 5.00 Å². The highest BCUT2D eigenvalue weighted by Gasteiger charge is 2.27.